The molecule has 0 aromatic heterocycles. The van der Waals surface area contributed by atoms with Crippen molar-refractivity contribution in [3.8, 4) is 0 Å². The highest BCUT2D eigenvalue weighted by Gasteiger charge is 2.51. The Morgan fingerprint density at radius 3 is 2.36 bits per heavy atom. The summed E-state index contributed by atoms with van der Waals surface area (Å²) in [5.74, 6) is -2.56. The van der Waals surface area contributed by atoms with Crippen molar-refractivity contribution in [2.45, 2.75) is 26.2 Å². The van der Waals surface area contributed by atoms with Gasteiger partial charge in [0.25, 0.3) is 0 Å². The summed E-state index contributed by atoms with van der Waals surface area (Å²) < 4.78 is 0. The highest BCUT2D eigenvalue weighted by molar-refractivity contribution is 5.97. The molecule has 1 fully saturated rings. The third kappa shape index (κ3) is 3.57. The Balaban J connectivity index is 1.70. The van der Waals surface area contributed by atoms with E-state index in [2.05, 4.69) is 10.6 Å². The maximum absolute atomic E-state index is 12.7. The molecule has 132 valence electrons. The van der Waals surface area contributed by atoms with Gasteiger partial charge in [-0.2, -0.15) is 0 Å². The number of benzene rings is 1. The number of hydrogen-bond acceptors (Lipinski definition) is 3. The van der Waals surface area contributed by atoms with Crippen LogP contribution in [0.3, 0.4) is 0 Å². The van der Waals surface area contributed by atoms with Crippen LogP contribution in [0.4, 0.5) is 11.4 Å². The number of carbonyl (C=O) groups is 3. The number of anilines is 2. The minimum absolute atomic E-state index is 0.0152. The molecule has 1 aromatic rings. The number of carboxylic acid groups (broad SMARTS) is 1. The predicted molar refractivity (Wildman–Crippen MR) is 94.0 cm³/mol. The number of carboxylic acids is 1. The summed E-state index contributed by atoms with van der Waals surface area (Å²) >= 11 is 0. The summed E-state index contributed by atoms with van der Waals surface area (Å²) in [5, 5.41) is 15.0. The molecule has 1 saturated carbocycles. The van der Waals surface area contributed by atoms with Crippen LogP contribution in [-0.4, -0.2) is 22.9 Å². The summed E-state index contributed by atoms with van der Waals surface area (Å²) in [4.78, 5) is 35.9. The van der Waals surface area contributed by atoms with E-state index < -0.39 is 17.8 Å². The number of carbonyl (C=O) groups excluding carboxylic acids is 2. The number of allylic oxidation sites excluding steroid dienone is 2. The van der Waals surface area contributed by atoms with Crippen LogP contribution in [0.2, 0.25) is 0 Å². The summed E-state index contributed by atoms with van der Waals surface area (Å²) in [6.07, 6.45) is 5.79. The maximum atomic E-state index is 12.7. The molecule has 4 atom stereocenters. The quantitative estimate of drug-likeness (QED) is 0.693. The molecule has 25 heavy (non-hydrogen) atoms. The first-order chi connectivity index (χ1) is 12.0. The molecule has 2 amide bonds. The van der Waals surface area contributed by atoms with Gasteiger partial charge in [0.2, 0.25) is 11.8 Å². The van der Waals surface area contributed by atoms with Crippen LogP contribution in [0, 0.1) is 23.7 Å². The van der Waals surface area contributed by atoms with Crippen LogP contribution in [0.25, 0.3) is 0 Å². The predicted octanol–water partition coefficient (Wildman–Crippen LogP) is 2.89. The van der Waals surface area contributed by atoms with Gasteiger partial charge < -0.3 is 15.7 Å². The van der Waals surface area contributed by atoms with Crippen LogP contribution in [-0.2, 0) is 14.4 Å². The van der Waals surface area contributed by atoms with Crippen molar-refractivity contribution in [3.05, 3.63) is 36.4 Å². The zero-order valence-electron chi connectivity index (χ0n) is 14.1. The SMILES string of the molecule is CCCC(=O)Nc1cccc(NC(=O)C2C3C=CC(C3)C2C(=O)O)c1. The molecule has 0 aliphatic heterocycles. The molecular weight excluding hydrogens is 320 g/mol. The van der Waals surface area contributed by atoms with Crippen molar-refractivity contribution in [1.82, 2.24) is 0 Å². The number of amides is 2. The first kappa shape index (κ1) is 17.2. The monoisotopic (exact) mass is 342 g/mol. The molecule has 2 bridgehead atoms. The molecule has 3 rings (SSSR count). The molecule has 3 N–H and O–H groups in total. The Morgan fingerprint density at radius 2 is 1.72 bits per heavy atom. The van der Waals surface area contributed by atoms with Gasteiger partial charge in [-0.15, -0.1) is 0 Å². The summed E-state index contributed by atoms with van der Waals surface area (Å²) in [6.45, 7) is 1.93. The summed E-state index contributed by atoms with van der Waals surface area (Å²) in [6, 6.07) is 6.91. The highest BCUT2D eigenvalue weighted by atomic mass is 16.4. The Kier molecular flexibility index (Phi) is 4.88. The molecule has 0 radical (unpaired) electrons. The van der Waals surface area contributed by atoms with Gasteiger partial charge >= 0.3 is 5.97 Å². The standard InChI is InChI=1S/C19H22N2O4/c1-2-4-15(22)20-13-5-3-6-14(10-13)21-18(23)16-11-7-8-12(9-11)17(16)19(24)25/h3,5-8,10-12,16-17H,2,4,9H2,1H3,(H,20,22)(H,21,23)(H,24,25). The molecule has 2 aliphatic carbocycles. The average Bonchev–Trinajstić information content (AvgIpc) is 3.16. The number of hydrogen-bond donors (Lipinski definition) is 3. The molecule has 2 aliphatic rings. The minimum atomic E-state index is -0.919. The van der Waals surface area contributed by atoms with E-state index in [-0.39, 0.29) is 23.7 Å². The second-order valence-electron chi connectivity index (χ2n) is 6.71. The van der Waals surface area contributed by atoms with Gasteiger partial charge in [0.05, 0.1) is 11.8 Å². The van der Waals surface area contributed by atoms with Crippen LogP contribution in [0.15, 0.2) is 36.4 Å². The fourth-order valence-electron chi connectivity index (χ4n) is 3.87. The number of rotatable bonds is 6. The largest absolute Gasteiger partial charge is 0.481 e. The maximum Gasteiger partial charge on any atom is 0.307 e. The van der Waals surface area contributed by atoms with Crippen molar-refractivity contribution < 1.29 is 19.5 Å². The zero-order chi connectivity index (χ0) is 18.0. The zero-order valence-corrected chi connectivity index (χ0v) is 14.1. The first-order valence-corrected chi connectivity index (χ1v) is 8.61. The molecule has 4 unspecified atom stereocenters. The molecule has 0 heterocycles. The smallest absolute Gasteiger partial charge is 0.307 e. The van der Waals surface area contributed by atoms with Gasteiger partial charge in [-0.1, -0.05) is 25.1 Å². The Morgan fingerprint density at radius 1 is 1.08 bits per heavy atom. The molecule has 1 aromatic carbocycles. The van der Waals surface area contributed by atoms with Crippen molar-refractivity contribution >= 4 is 29.2 Å². The second kappa shape index (κ2) is 7.09. The van der Waals surface area contributed by atoms with E-state index in [0.29, 0.717) is 17.8 Å². The highest BCUT2D eigenvalue weighted by Crippen LogP contribution is 2.48. The van der Waals surface area contributed by atoms with Gasteiger partial charge in [-0.25, -0.2) is 0 Å². The van der Waals surface area contributed by atoms with Crippen LogP contribution >= 0.6 is 0 Å². The fourth-order valence-corrected chi connectivity index (χ4v) is 3.87. The third-order valence-electron chi connectivity index (χ3n) is 4.94. The normalized spacial score (nSPS) is 26.4. The van der Waals surface area contributed by atoms with E-state index in [9.17, 15) is 19.5 Å². The van der Waals surface area contributed by atoms with E-state index >= 15 is 0 Å². The third-order valence-corrected chi connectivity index (χ3v) is 4.94. The van der Waals surface area contributed by atoms with E-state index in [0.717, 1.165) is 12.8 Å². The fraction of sp³-hybridized carbons (Fsp3) is 0.421. The number of fused-ring (bicyclic) bond motifs is 2. The molecular formula is C19H22N2O4. The topological polar surface area (TPSA) is 95.5 Å². The minimum Gasteiger partial charge on any atom is -0.481 e. The number of nitrogens with one attached hydrogen (secondary N) is 2. The first-order valence-electron chi connectivity index (χ1n) is 8.61. The van der Waals surface area contributed by atoms with Crippen molar-refractivity contribution in [2.75, 3.05) is 10.6 Å². The van der Waals surface area contributed by atoms with Gasteiger partial charge in [0.1, 0.15) is 0 Å². The summed E-state index contributed by atoms with van der Waals surface area (Å²) in [7, 11) is 0. The van der Waals surface area contributed by atoms with Crippen molar-refractivity contribution in [2.24, 2.45) is 23.7 Å². The molecule has 0 saturated heterocycles. The molecule has 6 nitrogen and oxygen atoms in total. The lowest BCUT2D eigenvalue weighted by Gasteiger charge is -2.24. The van der Waals surface area contributed by atoms with Crippen LogP contribution in [0.1, 0.15) is 26.2 Å². The Hall–Kier alpha value is -2.63. The lowest BCUT2D eigenvalue weighted by molar-refractivity contribution is -0.146. The average molecular weight is 342 g/mol. The molecule has 0 spiro atoms. The van der Waals surface area contributed by atoms with Gasteiger partial charge in [-0.3, -0.25) is 14.4 Å². The second-order valence-corrected chi connectivity index (χ2v) is 6.71. The Bertz CT molecular complexity index is 728. The van der Waals surface area contributed by atoms with E-state index in [1.807, 2.05) is 19.1 Å². The lowest BCUT2D eigenvalue weighted by Crippen LogP contribution is -2.36. The lowest BCUT2D eigenvalue weighted by atomic mass is 9.82. The van der Waals surface area contributed by atoms with Crippen molar-refractivity contribution in [1.29, 1.82) is 0 Å². The Labute approximate surface area is 146 Å². The van der Waals surface area contributed by atoms with Gasteiger partial charge in [0.15, 0.2) is 0 Å². The van der Waals surface area contributed by atoms with Crippen LogP contribution in [0.5, 0.6) is 0 Å². The summed E-state index contributed by atoms with van der Waals surface area (Å²) in [5.41, 5.74) is 1.16. The van der Waals surface area contributed by atoms with E-state index in [1.54, 1.807) is 24.3 Å². The number of aliphatic carboxylic acids is 1. The van der Waals surface area contributed by atoms with Crippen LogP contribution < -0.4 is 10.6 Å². The van der Waals surface area contributed by atoms with Crippen molar-refractivity contribution in [3.63, 3.8) is 0 Å². The van der Waals surface area contributed by atoms with E-state index in [1.165, 1.54) is 0 Å². The van der Waals surface area contributed by atoms with Gasteiger partial charge in [-0.05, 0) is 42.9 Å². The molecule has 6 heteroatoms. The van der Waals surface area contributed by atoms with E-state index in [4.69, 9.17) is 0 Å². The van der Waals surface area contributed by atoms with Gasteiger partial charge in [0, 0.05) is 17.8 Å².